The second-order valence-corrected chi connectivity index (χ2v) is 6.93. The average molecular weight is 368 g/mol. The van der Waals surface area contributed by atoms with Crippen LogP contribution in [0.1, 0.15) is 45.7 Å². The van der Waals surface area contributed by atoms with Gasteiger partial charge in [0.1, 0.15) is 5.15 Å². The lowest BCUT2D eigenvalue weighted by molar-refractivity contribution is 0.0697. The van der Waals surface area contributed by atoms with Gasteiger partial charge in [0.2, 0.25) is 0 Å². The zero-order valence-electron chi connectivity index (χ0n) is 14.6. The minimum atomic E-state index is -0.906. The number of carboxylic acid groups (broad SMARTS) is 1. The lowest BCUT2D eigenvalue weighted by Gasteiger charge is -2.21. The lowest BCUT2D eigenvalue weighted by Crippen LogP contribution is -2.13. The second kappa shape index (κ2) is 6.25. The highest BCUT2D eigenvalue weighted by Gasteiger charge is 2.25. The fourth-order valence-electron chi connectivity index (χ4n) is 3.70. The fourth-order valence-corrected chi connectivity index (χ4v) is 3.93. The van der Waals surface area contributed by atoms with Crippen molar-refractivity contribution in [3.63, 3.8) is 0 Å². The van der Waals surface area contributed by atoms with Crippen LogP contribution >= 0.6 is 11.6 Å². The number of aromatic carboxylic acids is 1. The van der Waals surface area contributed by atoms with Crippen molar-refractivity contribution in [1.29, 1.82) is 0 Å². The van der Waals surface area contributed by atoms with Gasteiger partial charge >= 0.3 is 5.97 Å². The zero-order valence-corrected chi connectivity index (χ0v) is 15.3. The quantitative estimate of drug-likeness (QED) is 0.723. The number of hydrogen-bond acceptors (Lipinski definition) is 3. The molecule has 0 fully saturated rings. The molecule has 0 bridgehead atoms. The van der Waals surface area contributed by atoms with Gasteiger partial charge in [0, 0.05) is 18.0 Å². The van der Waals surface area contributed by atoms with Gasteiger partial charge in [0.15, 0.2) is 0 Å². The van der Waals surface area contributed by atoms with Gasteiger partial charge in [-0.05, 0) is 49.5 Å². The van der Waals surface area contributed by atoms with E-state index in [0.29, 0.717) is 28.0 Å². The van der Waals surface area contributed by atoms with Crippen molar-refractivity contribution in [2.24, 2.45) is 7.05 Å². The summed E-state index contributed by atoms with van der Waals surface area (Å²) in [7, 11) is 1.81. The third-order valence-corrected chi connectivity index (χ3v) is 5.35. The summed E-state index contributed by atoms with van der Waals surface area (Å²) < 4.78 is 1.64. The number of hydrogen-bond donors (Lipinski definition) is 1. The van der Waals surface area contributed by atoms with Crippen LogP contribution in [0.3, 0.4) is 0 Å². The lowest BCUT2D eigenvalue weighted by atomic mass is 9.86. The van der Waals surface area contributed by atoms with Crippen LogP contribution in [-0.2, 0) is 13.5 Å². The number of benzene rings is 1. The third kappa shape index (κ3) is 2.59. The van der Waals surface area contributed by atoms with Gasteiger partial charge in [-0.3, -0.25) is 4.68 Å². The minimum absolute atomic E-state index is 0.366. The maximum absolute atomic E-state index is 12.0. The predicted octanol–water partition coefficient (Wildman–Crippen LogP) is 4.51. The number of nitrogens with zero attached hydrogens (tertiary/aromatic N) is 3. The van der Waals surface area contributed by atoms with E-state index in [4.69, 9.17) is 16.6 Å². The Balaban J connectivity index is 1.99. The number of carbonyl (C=O) groups is 1. The normalized spacial score (nSPS) is 15.4. The van der Waals surface area contributed by atoms with Crippen molar-refractivity contribution >= 4 is 40.1 Å². The number of aryl methyl sites for hydroxylation is 2. The molecule has 0 unspecified atom stereocenters. The summed E-state index contributed by atoms with van der Waals surface area (Å²) in [6.45, 7) is 1.92. The Bertz CT molecular complexity index is 1080. The molecule has 132 valence electrons. The molecule has 2 heterocycles. The van der Waals surface area contributed by atoms with Crippen LogP contribution in [-0.4, -0.2) is 25.8 Å². The molecular formula is C20H18ClN3O2. The number of aromatic nitrogens is 3. The van der Waals surface area contributed by atoms with Crippen molar-refractivity contribution in [1.82, 2.24) is 14.8 Å². The second-order valence-electron chi connectivity index (χ2n) is 6.57. The van der Waals surface area contributed by atoms with Crippen molar-refractivity contribution in [3.8, 4) is 0 Å². The van der Waals surface area contributed by atoms with E-state index in [2.05, 4.69) is 5.10 Å². The first-order chi connectivity index (χ1) is 12.5. The molecule has 0 saturated carbocycles. The van der Waals surface area contributed by atoms with Gasteiger partial charge in [-0.15, -0.1) is 0 Å². The summed E-state index contributed by atoms with van der Waals surface area (Å²) in [6.07, 6.45) is 4.44. The molecule has 0 amide bonds. The Morgan fingerprint density at radius 2 is 2.08 bits per heavy atom. The minimum Gasteiger partial charge on any atom is -0.478 e. The summed E-state index contributed by atoms with van der Waals surface area (Å²) in [5.74, 6) is -0.906. The highest BCUT2D eigenvalue weighted by atomic mass is 35.5. The van der Waals surface area contributed by atoms with E-state index in [1.807, 2.05) is 37.3 Å². The molecule has 6 heteroatoms. The maximum Gasteiger partial charge on any atom is 0.336 e. The van der Waals surface area contributed by atoms with Crippen molar-refractivity contribution in [3.05, 3.63) is 57.5 Å². The summed E-state index contributed by atoms with van der Waals surface area (Å²) >= 11 is 6.38. The standard InChI is InChI=1S/C20H18ClN3O2/c1-11-15(19(21)24(2)23-11)10-12-6-5-8-14-17(20(25)26)13-7-3-4-9-16(13)22-18(12)14/h3-4,7,9-10H,5-6,8H2,1-2H3,(H,25,26). The predicted molar refractivity (Wildman–Crippen MR) is 102 cm³/mol. The molecule has 1 aliphatic rings. The molecule has 0 aliphatic heterocycles. The van der Waals surface area contributed by atoms with Crippen molar-refractivity contribution in [2.75, 3.05) is 0 Å². The van der Waals surface area contributed by atoms with Crippen LogP contribution in [0.25, 0.3) is 22.6 Å². The van der Waals surface area contributed by atoms with Crippen molar-refractivity contribution in [2.45, 2.75) is 26.2 Å². The van der Waals surface area contributed by atoms with Crippen molar-refractivity contribution < 1.29 is 9.90 Å². The monoisotopic (exact) mass is 367 g/mol. The van der Waals surface area contributed by atoms with Crippen LogP contribution in [0.4, 0.5) is 0 Å². The van der Waals surface area contributed by atoms with E-state index in [9.17, 15) is 9.90 Å². The van der Waals surface area contributed by atoms with E-state index < -0.39 is 5.97 Å². The molecular weight excluding hydrogens is 350 g/mol. The van der Waals surface area contributed by atoms with E-state index in [1.54, 1.807) is 11.7 Å². The first-order valence-electron chi connectivity index (χ1n) is 8.52. The van der Waals surface area contributed by atoms with Gasteiger partial charge in [-0.1, -0.05) is 29.8 Å². The molecule has 2 aromatic heterocycles. The number of fused-ring (bicyclic) bond motifs is 2. The van der Waals surface area contributed by atoms with Crippen LogP contribution in [0, 0.1) is 6.92 Å². The Hall–Kier alpha value is -2.66. The van der Waals surface area contributed by atoms with Gasteiger partial charge < -0.3 is 5.11 Å². The summed E-state index contributed by atoms with van der Waals surface area (Å²) in [6, 6.07) is 7.41. The Labute approximate surface area is 155 Å². The molecule has 3 aromatic rings. The zero-order chi connectivity index (χ0) is 18.4. The molecule has 1 aromatic carbocycles. The smallest absolute Gasteiger partial charge is 0.336 e. The highest BCUT2D eigenvalue weighted by Crippen LogP contribution is 2.37. The molecule has 1 N–H and O–H groups in total. The first-order valence-corrected chi connectivity index (χ1v) is 8.90. The molecule has 0 atom stereocenters. The SMILES string of the molecule is Cc1nn(C)c(Cl)c1C=C1CCCc2c1nc1ccccc1c2C(=O)O. The largest absolute Gasteiger partial charge is 0.478 e. The fraction of sp³-hybridized carbons (Fsp3) is 0.250. The highest BCUT2D eigenvalue weighted by molar-refractivity contribution is 6.31. The molecule has 1 aliphatic carbocycles. The van der Waals surface area contributed by atoms with Gasteiger partial charge in [0.25, 0.3) is 0 Å². The molecule has 4 rings (SSSR count). The van der Waals surface area contributed by atoms with Crippen LogP contribution in [0.15, 0.2) is 24.3 Å². The molecule has 5 nitrogen and oxygen atoms in total. The van der Waals surface area contributed by atoms with E-state index in [0.717, 1.165) is 40.9 Å². The van der Waals surface area contributed by atoms with Gasteiger partial charge in [-0.2, -0.15) is 5.10 Å². The van der Waals surface area contributed by atoms with E-state index in [1.165, 1.54) is 0 Å². The number of pyridine rings is 1. The van der Waals surface area contributed by atoms with E-state index in [-0.39, 0.29) is 0 Å². The molecule has 0 saturated heterocycles. The first kappa shape index (κ1) is 16.8. The average Bonchev–Trinajstić information content (AvgIpc) is 2.86. The molecule has 0 radical (unpaired) electrons. The Morgan fingerprint density at radius 1 is 1.31 bits per heavy atom. The third-order valence-electron chi connectivity index (χ3n) is 4.90. The number of allylic oxidation sites excluding steroid dienone is 1. The Kier molecular flexibility index (Phi) is 4.04. The summed E-state index contributed by atoms with van der Waals surface area (Å²) in [4.78, 5) is 16.8. The molecule has 0 spiro atoms. The van der Waals surface area contributed by atoms with Crippen LogP contribution in [0.5, 0.6) is 0 Å². The topological polar surface area (TPSA) is 68.0 Å². The summed E-state index contributed by atoms with van der Waals surface area (Å²) in [5, 5.41) is 15.4. The van der Waals surface area contributed by atoms with E-state index >= 15 is 0 Å². The number of rotatable bonds is 2. The summed E-state index contributed by atoms with van der Waals surface area (Å²) in [5.41, 5.74) is 5.37. The Morgan fingerprint density at radius 3 is 2.77 bits per heavy atom. The van der Waals surface area contributed by atoms with Gasteiger partial charge in [0.05, 0.1) is 22.5 Å². The number of para-hydroxylation sites is 1. The van der Waals surface area contributed by atoms with Crippen LogP contribution < -0.4 is 0 Å². The number of halogens is 1. The van der Waals surface area contributed by atoms with Crippen LogP contribution in [0.2, 0.25) is 5.15 Å². The molecule has 26 heavy (non-hydrogen) atoms. The van der Waals surface area contributed by atoms with Gasteiger partial charge in [-0.25, -0.2) is 9.78 Å². The number of carboxylic acids is 1. The maximum atomic E-state index is 12.0.